The highest BCUT2D eigenvalue weighted by atomic mass is 35.5. The number of hydrogen-bond donors (Lipinski definition) is 0. The first kappa shape index (κ1) is 12.7. The second-order valence-corrected chi connectivity index (χ2v) is 5.47. The van der Waals surface area contributed by atoms with Crippen LogP contribution in [0.5, 0.6) is 0 Å². The molecule has 0 bridgehead atoms. The Bertz CT molecular complexity index is 413. The quantitative estimate of drug-likeness (QED) is 0.760. The Morgan fingerprint density at radius 2 is 2.12 bits per heavy atom. The van der Waals surface area contributed by atoms with E-state index < -0.39 is 0 Å². The van der Waals surface area contributed by atoms with Gasteiger partial charge in [-0.15, -0.1) is 11.6 Å². The van der Waals surface area contributed by atoms with E-state index in [0.717, 1.165) is 17.4 Å². The Kier molecular flexibility index (Phi) is 3.62. The molecule has 0 amide bonds. The first-order chi connectivity index (χ1) is 8.04. The number of hydrogen-bond acceptors (Lipinski definition) is 2. The number of pyridine rings is 1. The fourth-order valence-corrected chi connectivity index (χ4v) is 2.72. The van der Waals surface area contributed by atoms with Crippen molar-refractivity contribution in [3.8, 4) is 0 Å². The Balaban J connectivity index is 2.35. The molecule has 3 heteroatoms. The van der Waals surface area contributed by atoms with Crippen LogP contribution in [0.15, 0.2) is 6.07 Å². The minimum absolute atomic E-state index is 0.538. The van der Waals surface area contributed by atoms with Gasteiger partial charge in [0.1, 0.15) is 5.82 Å². The van der Waals surface area contributed by atoms with Crippen molar-refractivity contribution in [2.24, 2.45) is 5.92 Å². The van der Waals surface area contributed by atoms with E-state index in [1.165, 1.54) is 24.0 Å². The van der Waals surface area contributed by atoms with Gasteiger partial charge in [-0.3, -0.25) is 0 Å². The monoisotopic (exact) mass is 252 g/mol. The van der Waals surface area contributed by atoms with Crippen molar-refractivity contribution >= 4 is 17.4 Å². The zero-order valence-electron chi connectivity index (χ0n) is 11.1. The van der Waals surface area contributed by atoms with Crippen LogP contribution in [0.2, 0.25) is 0 Å². The van der Waals surface area contributed by atoms with Gasteiger partial charge in [-0.05, 0) is 51.2 Å². The molecule has 94 valence electrons. The number of rotatable bonds is 4. The molecule has 1 heterocycles. The highest BCUT2D eigenvalue weighted by Crippen LogP contribution is 2.37. The lowest BCUT2D eigenvalue weighted by atomic mass is 10.1. The smallest absolute Gasteiger partial charge is 0.133 e. The van der Waals surface area contributed by atoms with Crippen LogP contribution >= 0.6 is 11.6 Å². The van der Waals surface area contributed by atoms with Gasteiger partial charge in [-0.2, -0.15) is 0 Å². The van der Waals surface area contributed by atoms with Gasteiger partial charge < -0.3 is 4.90 Å². The molecule has 2 nitrogen and oxygen atoms in total. The Hall–Kier alpha value is -0.760. The molecule has 0 aliphatic heterocycles. The Morgan fingerprint density at radius 1 is 1.47 bits per heavy atom. The molecule has 1 aliphatic rings. The van der Waals surface area contributed by atoms with Crippen molar-refractivity contribution in [3.63, 3.8) is 0 Å². The van der Waals surface area contributed by atoms with Crippen molar-refractivity contribution < 1.29 is 0 Å². The molecule has 0 aromatic carbocycles. The van der Waals surface area contributed by atoms with Crippen molar-refractivity contribution in [1.29, 1.82) is 0 Å². The molecule has 1 unspecified atom stereocenters. The summed E-state index contributed by atoms with van der Waals surface area (Å²) in [5.41, 5.74) is 3.49. The highest BCUT2D eigenvalue weighted by Gasteiger charge is 2.31. The largest absolute Gasteiger partial charge is 0.356 e. The standard InChI is InChI=1S/C14H21ClN2/c1-9-7-10(2)16-14(13(9)8-15)17(4)11(3)12-5-6-12/h7,11-12H,5-6,8H2,1-4H3. The molecule has 17 heavy (non-hydrogen) atoms. The molecular weight excluding hydrogens is 232 g/mol. The van der Waals surface area contributed by atoms with Gasteiger partial charge in [0.25, 0.3) is 0 Å². The first-order valence-electron chi connectivity index (χ1n) is 6.30. The summed E-state index contributed by atoms with van der Waals surface area (Å²) in [5, 5.41) is 0. The van der Waals surface area contributed by atoms with Gasteiger partial charge >= 0.3 is 0 Å². The average molecular weight is 253 g/mol. The molecule has 1 aromatic heterocycles. The molecule has 0 radical (unpaired) electrons. The van der Waals surface area contributed by atoms with Crippen molar-refractivity contribution in [1.82, 2.24) is 4.98 Å². The van der Waals surface area contributed by atoms with E-state index in [-0.39, 0.29) is 0 Å². The van der Waals surface area contributed by atoms with Crippen LogP contribution in [-0.4, -0.2) is 18.1 Å². The summed E-state index contributed by atoms with van der Waals surface area (Å²) < 4.78 is 0. The van der Waals surface area contributed by atoms with Crippen LogP contribution in [0.1, 0.15) is 36.6 Å². The van der Waals surface area contributed by atoms with Crippen molar-refractivity contribution in [2.45, 2.75) is 45.5 Å². The number of aryl methyl sites for hydroxylation is 2. The molecule has 2 rings (SSSR count). The van der Waals surface area contributed by atoms with E-state index >= 15 is 0 Å². The third kappa shape index (κ3) is 2.57. The van der Waals surface area contributed by atoms with Crippen molar-refractivity contribution in [2.75, 3.05) is 11.9 Å². The predicted molar refractivity (Wildman–Crippen MR) is 73.9 cm³/mol. The molecule has 1 atom stereocenters. The van der Waals surface area contributed by atoms with Crippen LogP contribution in [0.25, 0.3) is 0 Å². The van der Waals surface area contributed by atoms with Gasteiger partial charge in [-0.1, -0.05) is 0 Å². The zero-order chi connectivity index (χ0) is 12.6. The number of alkyl halides is 1. The summed E-state index contributed by atoms with van der Waals surface area (Å²) in [6.45, 7) is 6.45. The SMILES string of the molecule is Cc1cc(C)c(CCl)c(N(C)C(C)C2CC2)n1. The average Bonchev–Trinajstić information content (AvgIpc) is 3.10. The molecule has 0 saturated heterocycles. The van der Waals surface area contributed by atoms with E-state index in [9.17, 15) is 0 Å². The predicted octanol–water partition coefficient (Wildman–Crippen LogP) is 3.67. The normalized spacial score (nSPS) is 17.0. The lowest BCUT2D eigenvalue weighted by Crippen LogP contribution is -2.32. The zero-order valence-corrected chi connectivity index (χ0v) is 11.9. The minimum Gasteiger partial charge on any atom is -0.356 e. The molecular formula is C14H21ClN2. The second-order valence-electron chi connectivity index (χ2n) is 5.21. The summed E-state index contributed by atoms with van der Waals surface area (Å²) in [6.07, 6.45) is 2.71. The summed E-state index contributed by atoms with van der Waals surface area (Å²) >= 11 is 6.07. The highest BCUT2D eigenvalue weighted by molar-refractivity contribution is 6.17. The van der Waals surface area contributed by atoms with Gasteiger partial charge in [0.05, 0.1) is 5.88 Å². The Morgan fingerprint density at radius 3 is 2.65 bits per heavy atom. The van der Waals surface area contributed by atoms with Crippen molar-refractivity contribution in [3.05, 3.63) is 22.9 Å². The van der Waals surface area contributed by atoms with E-state index in [1.54, 1.807) is 0 Å². The topological polar surface area (TPSA) is 16.1 Å². The van der Waals surface area contributed by atoms with Gasteiger partial charge in [0.2, 0.25) is 0 Å². The molecule has 0 N–H and O–H groups in total. The van der Waals surface area contributed by atoms with Gasteiger partial charge in [-0.25, -0.2) is 4.98 Å². The molecule has 1 aliphatic carbocycles. The molecule has 1 fully saturated rings. The van der Waals surface area contributed by atoms with E-state index in [4.69, 9.17) is 11.6 Å². The second kappa shape index (κ2) is 4.85. The minimum atomic E-state index is 0.538. The van der Waals surface area contributed by atoms with Crippen LogP contribution in [0, 0.1) is 19.8 Å². The van der Waals surface area contributed by atoms with E-state index in [0.29, 0.717) is 11.9 Å². The summed E-state index contributed by atoms with van der Waals surface area (Å²) in [4.78, 5) is 6.98. The summed E-state index contributed by atoms with van der Waals surface area (Å²) in [6, 6.07) is 2.67. The fourth-order valence-electron chi connectivity index (χ4n) is 2.39. The third-order valence-corrected chi connectivity index (χ3v) is 4.10. The first-order valence-corrected chi connectivity index (χ1v) is 6.84. The molecule has 0 spiro atoms. The Labute approximate surface area is 109 Å². The van der Waals surface area contributed by atoms with Crippen LogP contribution in [0.4, 0.5) is 5.82 Å². The van der Waals surface area contributed by atoms with Gasteiger partial charge in [0, 0.05) is 24.3 Å². The lowest BCUT2D eigenvalue weighted by molar-refractivity contribution is 0.601. The maximum atomic E-state index is 6.07. The lowest BCUT2D eigenvalue weighted by Gasteiger charge is -2.28. The van der Waals surface area contributed by atoms with Crippen LogP contribution < -0.4 is 4.90 Å². The number of aromatic nitrogens is 1. The van der Waals surface area contributed by atoms with Crippen LogP contribution in [-0.2, 0) is 5.88 Å². The molecule has 1 aromatic rings. The maximum Gasteiger partial charge on any atom is 0.133 e. The third-order valence-electron chi connectivity index (χ3n) is 3.84. The number of halogens is 1. The van der Waals surface area contributed by atoms with E-state index in [2.05, 4.69) is 36.8 Å². The summed E-state index contributed by atoms with van der Waals surface area (Å²) in [7, 11) is 2.14. The maximum absolute atomic E-state index is 6.07. The molecule has 1 saturated carbocycles. The van der Waals surface area contributed by atoms with Gasteiger partial charge in [0.15, 0.2) is 0 Å². The van der Waals surface area contributed by atoms with Crippen LogP contribution in [0.3, 0.4) is 0 Å². The number of nitrogens with zero attached hydrogens (tertiary/aromatic N) is 2. The summed E-state index contributed by atoms with van der Waals surface area (Å²) in [5.74, 6) is 2.44. The fraction of sp³-hybridized carbons (Fsp3) is 0.643. The van der Waals surface area contributed by atoms with E-state index in [1.807, 2.05) is 6.92 Å². The number of anilines is 1.